The minimum absolute atomic E-state index is 0.0923. The van der Waals surface area contributed by atoms with Crippen LogP contribution in [0.5, 0.6) is 0 Å². The Morgan fingerprint density at radius 1 is 0.914 bits per heavy atom. The average Bonchev–Trinajstić information content (AvgIpc) is 3.30. The molecule has 182 valence electrons. The second kappa shape index (κ2) is 11.5. The molecule has 0 saturated carbocycles. The second-order valence-electron chi connectivity index (χ2n) is 8.38. The van der Waals surface area contributed by atoms with E-state index in [1.807, 2.05) is 60.7 Å². The SMILES string of the molecule is CCN(CC)CCN(C(=O)CC(c1ccccc1)c1ccccc1)c1nc2c(F)cc(F)cc2s1. The predicted octanol–water partition coefficient (Wildman–Crippen LogP) is 6.47. The highest BCUT2D eigenvalue weighted by Gasteiger charge is 2.26. The molecule has 4 rings (SSSR count). The van der Waals surface area contributed by atoms with Gasteiger partial charge >= 0.3 is 0 Å². The van der Waals surface area contributed by atoms with Gasteiger partial charge in [-0.15, -0.1) is 0 Å². The summed E-state index contributed by atoms with van der Waals surface area (Å²) >= 11 is 1.14. The third-order valence-corrected chi connectivity index (χ3v) is 7.28. The molecule has 35 heavy (non-hydrogen) atoms. The summed E-state index contributed by atoms with van der Waals surface area (Å²) in [4.78, 5) is 22.1. The molecule has 4 nitrogen and oxygen atoms in total. The number of amides is 1. The number of hydrogen-bond donors (Lipinski definition) is 0. The van der Waals surface area contributed by atoms with Gasteiger partial charge in [-0.3, -0.25) is 9.69 Å². The van der Waals surface area contributed by atoms with E-state index in [1.54, 1.807) is 4.90 Å². The van der Waals surface area contributed by atoms with Gasteiger partial charge in [-0.05, 0) is 30.3 Å². The third kappa shape index (κ3) is 5.92. The maximum absolute atomic E-state index is 14.4. The van der Waals surface area contributed by atoms with E-state index in [1.165, 1.54) is 6.07 Å². The molecule has 3 aromatic carbocycles. The van der Waals surface area contributed by atoms with Gasteiger partial charge in [0.2, 0.25) is 5.91 Å². The van der Waals surface area contributed by atoms with E-state index in [-0.39, 0.29) is 23.8 Å². The molecule has 7 heteroatoms. The van der Waals surface area contributed by atoms with Crippen molar-refractivity contribution in [3.63, 3.8) is 0 Å². The average molecular weight is 494 g/mol. The second-order valence-corrected chi connectivity index (χ2v) is 9.39. The highest BCUT2D eigenvalue weighted by Crippen LogP contribution is 2.34. The van der Waals surface area contributed by atoms with Crippen molar-refractivity contribution < 1.29 is 13.6 Å². The lowest BCUT2D eigenvalue weighted by atomic mass is 9.88. The summed E-state index contributed by atoms with van der Waals surface area (Å²) in [5.41, 5.74) is 2.19. The Morgan fingerprint density at radius 3 is 2.09 bits per heavy atom. The molecule has 0 fully saturated rings. The van der Waals surface area contributed by atoms with Gasteiger partial charge in [0.15, 0.2) is 10.9 Å². The molecule has 0 aliphatic heterocycles. The number of fused-ring (bicyclic) bond motifs is 1. The number of carbonyl (C=O) groups is 1. The molecule has 0 bridgehead atoms. The molecule has 0 aliphatic rings. The fraction of sp³-hybridized carbons (Fsp3) is 0.286. The Kier molecular flexibility index (Phi) is 8.21. The summed E-state index contributed by atoms with van der Waals surface area (Å²) in [6, 6.07) is 22.0. The molecule has 1 amide bonds. The van der Waals surface area contributed by atoms with E-state index in [0.717, 1.165) is 41.6 Å². The van der Waals surface area contributed by atoms with Gasteiger partial charge in [0, 0.05) is 31.5 Å². The van der Waals surface area contributed by atoms with Crippen molar-refractivity contribution in [1.29, 1.82) is 0 Å². The lowest BCUT2D eigenvalue weighted by Gasteiger charge is -2.26. The number of rotatable bonds is 10. The van der Waals surface area contributed by atoms with Gasteiger partial charge in [-0.1, -0.05) is 85.8 Å². The number of carbonyl (C=O) groups excluding carboxylic acids is 1. The molecule has 0 spiro atoms. The number of thiazole rings is 1. The van der Waals surface area contributed by atoms with E-state index in [2.05, 4.69) is 23.7 Å². The summed E-state index contributed by atoms with van der Waals surface area (Å²) in [5.74, 6) is -1.61. The maximum Gasteiger partial charge on any atom is 0.229 e. The molecule has 0 aliphatic carbocycles. The number of halogens is 2. The highest BCUT2D eigenvalue weighted by atomic mass is 32.1. The first-order valence-corrected chi connectivity index (χ1v) is 12.7. The van der Waals surface area contributed by atoms with Crippen molar-refractivity contribution in [2.45, 2.75) is 26.2 Å². The van der Waals surface area contributed by atoms with Crippen molar-refractivity contribution in [3.05, 3.63) is 95.6 Å². The van der Waals surface area contributed by atoms with Crippen LogP contribution in [-0.2, 0) is 4.79 Å². The first kappa shape index (κ1) is 24.9. The normalized spacial score (nSPS) is 11.5. The highest BCUT2D eigenvalue weighted by molar-refractivity contribution is 7.22. The van der Waals surface area contributed by atoms with Crippen molar-refractivity contribution in [1.82, 2.24) is 9.88 Å². The van der Waals surface area contributed by atoms with Crippen molar-refractivity contribution in [2.75, 3.05) is 31.1 Å². The minimum atomic E-state index is -0.718. The smallest absolute Gasteiger partial charge is 0.229 e. The first-order chi connectivity index (χ1) is 17.0. The number of likely N-dealkylation sites (N-methyl/N-ethyl adjacent to an activating group) is 1. The minimum Gasteiger partial charge on any atom is -0.302 e. The number of aromatic nitrogens is 1. The number of anilines is 1. The Morgan fingerprint density at radius 2 is 1.51 bits per heavy atom. The van der Waals surface area contributed by atoms with Crippen LogP contribution in [0, 0.1) is 11.6 Å². The monoisotopic (exact) mass is 493 g/mol. The van der Waals surface area contributed by atoms with Crippen LogP contribution in [0.15, 0.2) is 72.8 Å². The van der Waals surface area contributed by atoms with Crippen LogP contribution in [-0.4, -0.2) is 42.0 Å². The zero-order valence-electron chi connectivity index (χ0n) is 20.0. The van der Waals surface area contributed by atoms with Crippen LogP contribution < -0.4 is 4.90 Å². The summed E-state index contributed by atoms with van der Waals surface area (Å²) < 4.78 is 28.6. The van der Waals surface area contributed by atoms with Gasteiger partial charge in [0.1, 0.15) is 11.3 Å². The molecule has 0 N–H and O–H groups in total. The van der Waals surface area contributed by atoms with Gasteiger partial charge in [0.05, 0.1) is 4.70 Å². The number of benzene rings is 3. The molecule has 1 heterocycles. The van der Waals surface area contributed by atoms with E-state index in [4.69, 9.17) is 0 Å². The Hall–Kier alpha value is -3.16. The van der Waals surface area contributed by atoms with Crippen LogP contribution in [0.1, 0.15) is 37.3 Å². The van der Waals surface area contributed by atoms with E-state index in [0.29, 0.717) is 22.9 Å². The number of nitrogens with zero attached hydrogens (tertiary/aromatic N) is 3. The van der Waals surface area contributed by atoms with Gasteiger partial charge in [-0.2, -0.15) is 0 Å². The molecule has 1 aromatic heterocycles. The van der Waals surface area contributed by atoms with E-state index >= 15 is 0 Å². The van der Waals surface area contributed by atoms with Crippen molar-refractivity contribution in [3.8, 4) is 0 Å². The molecule has 4 aromatic rings. The molecular weight excluding hydrogens is 464 g/mol. The summed E-state index contributed by atoms with van der Waals surface area (Å²) in [5, 5.41) is 0.390. The summed E-state index contributed by atoms with van der Waals surface area (Å²) in [6.07, 6.45) is 0.235. The molecule has 0 unspecified atom stereocenters. The van der Waals surface area contributed by atoms with Crippen LogP contribution in [0.4, 0.5) is 13.9 Å². The summed E-state index contributed by atoms with van der Waals surface area (Å²) in [7, 11) is 0. The third-order valence-electron chi connectivity index (χ3n) is 6.25. The Balaban J connectivity index is 1.69. The largest absolute Gasteiger partial charge is 0.302 e. The molecule has 0 saturated heterocycles. The Bertz CT molecular complexity index is 1220. The summed E-state index contributed by atoms with van der Waals surface area (Å²) in [6.45, 7) is 6.94. The Labute approximate surface area is 208 Å². The predicted molar refractivity (Wildman–Crippen MR) is 139 cm³/mol. The lowest BCUT2D eigenvalue weighted by Crippen LogP contribution is -2.39. The molecule has 0 radical (unpaired) electrons. The van der Waals surface area contributed by atoms with Crippen LogP contribution >= 0.6 is 11.3 Å². The fourth-order valence-electron chi connectivity index (χ4n) is 4.25. The maximum atomic E-state index is 14.4. The van der Waals surface area contributed by atoms with Crippen LogP contribution in [0.2, 0.25) is 0 Å². The topological polar surface area (TPSA) is 36.4 Å². The quantitative estimate of drug-likeness (QED) is 0.254. The van der Waals surface area contributed by atoms with Gasteiger partial charge < -0.3 is 4.90 Å². The van der Waals surface area contributed by atoms with Gasteiger partial charge in [0.25, 0.3) is 0 Å². The van der Waals surface area contributed by atoms with Crippen molar-refractivity contribution >= 4 is 32.6 Å². The first-order valence-electron chi connectivity index (χ1n) is 11.9. The van der Waals surface area contributed by atoms with Gasteiger partial charge in [-0.25, -0.2) is 13.8 Å². The van der Waals surface area contributed by atoms with E-state index < -0.39 is 11.6 Å². The zero-order chi connectivity index (χ0) is 24.8. The van der Waals surface area contributed by atoms with E-state index in [9.17, 15) is 13.6 Å². The fourth-order valence-corrected chi connectivity index (χ4v) is 5.30. The zero-order valence-corrected chi connectivity index (χ0v) is 20.8. The lowest BCUT2D eigenvalue weighted by molar-refractivity contribution is -0.118. The van der Waals surface area contributed by atoms with Crippen LogP contribution in [0.25, 0.3) is 10.2 Å². The molecular formula is C28H29F2N3OS. The number of hydrogen-bond acceptors (Lipinski definition) is 4. The standard InChI is InChI=1S/C28H29F2N3OS/c1-3-32(4-2)15-16-33(28-31-27-24(30)17-22(29)18-25(27)35-28)26(34)19-23(20-11-7-5-8-12-20)21-13-9-6-10-14-21/h5-14,17-18,23H,3-4,15-16,19H2,1-2H3. The van der Waals surface area contributed by atoms with Crippen LogP contribution in [0.3, 0.4) is 0 Å². The van der Waals surface area contributed by atoms with Crippen molar-refractivity contribution in [2.24, 2.45) is 0 Å². The molecule has 0 atom stereocenters.